The van der Waals surface area contributed by atoms with Crippen molar-refractivity contribution in [3.63, 3.8) is 0 Å². The number of hydrogen-bond acceptors (Lipinski definition) is 6. The van der Waals surface area contributed by atoms with Crippen molar-refractivity contribution in [2.45, 2.75) is 32.9 Å². The van der Waals surface area contributed by atoms with Crippen LogP contribution in [0.5, 0.6) is 5.75 Å². The molecule has 1 aromatic carbocycles. The Morgan fingerprint density at radius 2 is 2.00 bits per heavy atom. The van der Waals surface area contributed by atoms with E-state index in [1.807, 2.05) is 12.1 Å². The molecule has 0 fully saturated rings. The number of carbonyl (C=O) groups is 2. The number of aliphatic carboxylic acids is 1. The van der Waals surface area contributed by atoms with Gasteiger partial charge >= 0.3 is 5.97 Å². The summed E-state index contributed by atoms with van der Waals surface area (Å²) in [5, 5.41) is 12.2. The monoisotopic (exact) mass is 378 g/mol. The van der Waals surface area contributed by atoms with Crippen LogP contribution >= 0.6 is 11.3 Å². The molecular formula is C18H22N2O5S. The van der Waals surface area contributed by atoms with Crippen molar-refractivity contribution >= 4 is 23.2 Å². The van der Waals surface area contributed by atoms with Gasteiger partial charge in [0.15, 0.2) is 0 Å². The van der Waals surface area contributed by atoms with Crippen LogP contribution in [0, 0.1) is 6.92 Å². The van der Waals surface area contributed by atoms with E-state index in [2.05, 4.69) is 10.3 Å². The minimum atomic E-state index is -0.829. The first-order valence-corrected chi connectivity index (χ1v) is 8.98. The Bertz CT molecular complexity index is 743. The van der Waals surface area contributed by atoms with Crippen molar-refractivity contribution < 1.29 is 24.2 Å². The molecule has 2 aromatic rings. The summed E-state index contributed by atoms with van der Waals surface area (Å²) < 4.78 is 10.5. The van der Waals surface area contributed by atoms with E-state index in [4.69, 9.17) is 14.6 Å². The van der Waals surface area contributed by atoms with Gasteiger partial charge in [-0.25, -0.2) is 4.98 Å². The zero-order chi connectivity index (χ0) is 18.9. The fraction of sp³-hybridized carbons (Fsp3) is 0.389. The fourth-order valence-corrected chi connectivity index (χ4v) is 3.18. The number of hydrogen-bond donors (Lipinski definition) is 2. The van der Waals surface area contributed by atoms with Crippen molar-refractivity contribution in [2.24, 2.45) is 0 Å². The van der Waals surface area contributed by atoms with E-state index in [0.29, 0.717) is 42.5 Å². The van der Waals surface area contributed by atoms with Crippen molar-refractivity contribution in [1.82, 2.24) is 10.3 Å². The Labute approximate surface area is 156 Å². The second-order valence-corrected chi connectivity index (χ2v) is 6.71. The highest BCUT2D eigenvalue weighted by atomic mass is 32.1. The SMILES string of the molecule is COCc1nc(C)c(C(=O)NCc2ccc(OCCCC(=O)O)cc2)s1. The Balaban J connectivity index is 1.81. The quantitative estimate of drug-likeness (QED) is 0.617. The van der Waals surface area contributed by atoms with Crippen LogP contribution in [0.25, 0.3) is 0 Å². The molecule has 0 saturated carbocycles. The van der Waals surface area contributed by atoms with Gasteiger partial charge in [-0.15, -0.1) is 11.3 Å². The van der Waals surface area contributed by atoms with Gasteiger partial charge in [-0.3, -0.25) is 9.59 Å². The minimum Gasteiger partial charge on any atom is -0.494 e. The summed E-state index contributed by atoms with van der Waals surface area (Å²) in [6, 6.07) is 7.33. The Kier molecular flexibility index (Phi) is 7.55. The highest BCUT2D eigenvalue weighted by molar-refractivity contribution is 7.13. The van der Waals surface area contributed by atoms with Crippen LogP contribution in [0.15, 0.2) is 24.3 Å². The Hall–Kier alpha value is -2.45. The molecule has 0 radical (unpaired) electrons. The van der Waals surface area contributed by atoms with Gasteiger partial charge in [0.1, 0.15) is 15.6 Å². The molecule has 1 heterocycles. The number of aryl methyl sites for hydroxylation is 1. The van der Waals surface area contributed by atoms with Crippen molar-refractivity contribution in [2.75, 3.05) is 13.7 Å². The third kappa shape index (κ3) is 6.12. The van der Waals surface area contributed by atoms with Crippen LogP contribution in [0.4, 0.5) is 0 Å². The van der Waals surface area contributed by atoms with E-state index in [-0.39, 0.29) is 12.3 Å². The number of methoxy groups -OCH3 is 1. The number of thiazole rings is 1. The number of amides is 1. The molecule has 0 aliphatic carbocycles. The van der Waals surface area contributed by atoms with E-state index in [0.717, 1.165) is 10.6 Å². The van der Waals surface area contributed by atoms with Gasteiger partial charge in [0.05, 0.1) is 18.9 Å². The number of carboxylic acid groups (broad SMARTS) is 1. The third-order valence-corrected chi connectivity index (χ3v) is 4.62. The summed E-state index contributed by atoms with van der Waals surface area (Å²) in [7, 11) is 1.59. The summed E-state index contributed by atoms with van der Waals surface area (Å²) in [5.74, 6) is -0.311. The molecule has 1 amide bonds. The third-order valence-electron chi connectivity index (χ3n) is 3.50. The molecule has 0 aliphatic heterocycles. The zero-order valence-electron chi connectivity index (χ0n) is 14.8. The first-order valence-electron chi connectivity index (χ1n) is 8.16. The van der Waals surface area contributed by atoms with E-state index >= 15 is 0 Å². The molecule has 8 heteroatoms. The maximum Gasteiger partial charge on any atom is 0.303 e. The molecule has 2 rings (SSSR count). The topological polar surface area (TPSA) is 97.8 Å². The molecule has 1 aromatic heterocycles. The second kappa shape index (κ2) is 9.88. The molecule has 7 nitrogen and oxygen atoms in total. The predicted molar refractivity (Wildman–Crippen MR) is 97.5 cm³/mol. The van der Waals surface area contributed by atoms with Crippen LogP contribution in [-0.2, 0) is 22.7 Å². The molecular weight excluding hydrogens is 356 g/mol. The minimum absolute atomic E-state index is 0.0905. The van der Waals surface area contributed by atoms with E-state index < -0.39 is 5.97 Å². The average molecular weight is 378 g/mol. The predicted octanol–water partition coefficient (Wildman–Crippen LogP) is 2.77. The molecule has 0 atom stereocenters. The van der Waals surface area contributed by atoms with E-state index in [1.54, 1.807) is 26.2 Å². The molecule has 2 N–H and O–H groups in total. The van der Waals surface area contributed by atoms with Crippen LogP contribution in [0.3, 0.4) is 0 Å². The number of aromatic nitrogens is 1. The van der Waals surface area contributed by atoms with Gasteiger partial charge in [-0.05, 0) is 31.0 Å². The van der Waals surface area contributed by atoms with Gasteiger partial charge in [-0.1, -0.05) is 12.1 Å². The maximum absolute atomic E-state index is 12.3. The zero-order valence-corrected chi connectivity index (χ0v) is 15.6. The molecule has 140 valence electrons. The summed E-state index contributed by atoms with van der Waals surface area (Å²) in [6.07, 6.45) is 0.555. The smallest absolute Gasteiger partial charge is 0.303 e. The van der Waals surface area contributed by atoms with Crippen LogP contribution < -0.4 is 10.1 Å². The summed E-state index contributed by atoms with van der Waals surface area (Å²) in [5.41, 5.74) is 1.64. The van der Waals surface area contributed by atoms with Crippen molar-refractivity contribution in [3.05, 3.63) is 45.4 Å². The highest BCUT2D eigenvalue weighted by Crippen LogP contribution is 2.19. The van der Waals surface area contributed by atoms with Crippen LogP contribution in [0.1, 0.15) is 38.8 Å². The molecule has 0 unspecified atom stereocenters. The number of nitrogens with one attached hydrogen (secondary N) is 1. The summed E-state index contributed by atoms with van der Waals surface area (Å²) in [6.45, 7) is 2.96. The number of carbonyl (C=O) groups excluding carboxylic acids is 1. The lowest BCUT2D eigenvalue weighted by molar-refractivity contribution is -0.137. The van der Waals surface area contributed by atoms with Crippen molar-refractivity contribution in [3.8, 4) is 5.75 Å². The van der Waals surface area contributed by atoms with E-state index in [9.17, 15) is 9.59 Å². The lowest BCUT2D eigenvalue weighted by Gasteiger charge is -2.07. The van der Waals surface area contributed by atoms with Gasteiger partial charge in [-0.2, -0.15) is 0 Å². The maximum atomic E-state index is 12.3. The number of benzene rings is 1. The molecule has 0 saturated heterocycles. The van der Waals surface area contributed by atoms with Crippen LogP contribution in [-0.4, -0.2) is 35.7 Å². The Morgan fingerprint density at radius 1 is 1.27 bits per heavy atom. The highest BCUT2D eigenvalue weighted by Gasteiger charge is 2.14. The number of rotatable bonds is 10. The van der Waals surface area contributed by atoms with Gasteiger partial charge in [0.25, 0.3) is 5.91 Å². The molecule has 26 heavy (non-hydrogen) atoms. The van der Waals surface area contributed by atoms with E-state index in [1.165, 1.54) is 11.3 Å². The lowest BCUT2D eigenvalue weighted by atomic mass is 10.2. The first kappa shape index (κ1) is 19.9. The summed E-state index contributed by atoms with van der Waals surface area (Å²) in [4.78, 5) is 27.6. The number of ether oxygens (including phenoxy) is 2. The molecule has 0 bridgehead atoms. The second-order valence-electron chi connectivity index (χ2n) is 5.63. The Morgan fingerprint density at radius 3 is 2.65 bits per heavy atom. The molecule has 0 spiro atoms. The van der Waals surface area contributed by atoms with Gasteiger partial charge < -0.3 is 19.9 Å². The average Bonchev–Trinajstić information content (AvgIpc) is 2.98. The van der Waals surface area contributed by atoms with Gasteiger partial charge in [0, 0.05) is 20.1 Å². The van der Waals surface area contributed by atoms with Crippen molar-refractivity contribution in [1.29, 1.82) is 0 Å². The number of carboxylic acids is 1. The fourth-order valence-electron chi connectivity index (χ4n) is 2.23. The molecule has 0 aliphatic rings. The summed E-state index contributed by atoms with van der Waals surface area (Å²) >= 11 is 1.33. The van der Waals surface area contributed by atoms with Gasteiger partial charge in [0.2, 0.25) is 0 Å². The normalized spacial score (nSPS) is 10.5. The first-order chi connectivity index (χ1) is 12.5. The lowest BCUT2D eigenvalue weighted by Crippen LogP contribution is -2.22. The van der Waals surface area contributed by atoms with Crippen LogP contribution in [0.2, 0.25) is 0 Å². The standard InChI is InChI=1S/C18H22N2O5S/c1-12-17(26-15(20-12)11-24-2)18(23)19-10-13-5-7-14(8-6-13)25-9-3-4-16(21)22/h5-8H,3-4,9-11H2,1-2H3,(H,19,23)(H,21,22). The number of nitrogens with zero attached hydrogens (tertiary/aromatic N) is 1. The largest absolute Gasteiger partial charge is 0.494 e.